The predicted molar refractivity (Wildman–Crippen MR) is 62.6 cm³/mol. The van der Waals surface area contributed by atoms with E-state index in [1.807, 2.05) is 39.1 Å². The first-order valence-corrected chi connectivity index (χ1v) is 5.21. The Balaban J connectivity index is 2.52. The third-order valence-corrected chi connectivity index (χ3v) is 2.75. The Morgan fingerprint density at radius 3 is 2.75 bits per heavy atom. The minimum absolute atomic E-state index is 0.272. The summed E-state index contributed by atoms with van der Waals surface area (Å²) in [7, 11) is 3.52. The fourth-order valence-electron chi connectivity index (χ4n) is 1.41. The van der Waals surface area contributed by atoms with Crippen LogP contribution in [0.3, 0.4) is 0 Å². The van der Waals surface area contributed by atoms with Crippen molar-refractivity contribution < 1.29 is 9.15 Å². The second kappa shape index (κ2) is 3.79. The molecule has 4 nitrogen and oxygen atoms in total. The molecule has 0 atom stereocenters. The summed E-state index contributed by atoms with van der Waals surface area (Å²) in [6, 6.07) is 5.61. The van der Waals surface area contributed by atoms with Gasteiger partial charge in [0.15, 0.2) is 5.58 Å². The lowest BCUT2D eigenvalue weighted by atomic mass is 10.1. The monoisotopic (exact) mass is 220 g/mol. The van der Waals surface area contributed by atoms with Crippen molar-refractivity contribution in [1.29, 1.82) is 0 Å². The van der Waals surface area contributed by atoms with E-state index in [4.69, 9.17) is 9.15 Å². The van der Waals surface area contributed by atoms with Gasteiger partial charge in [0.05, 0.1) is 12.6 Å². The first-order chi connectivity index (χ1) is 7.56. The SMILES string of the molecule is CNC(C)(C)c1nc2cc(OC)ccc2o1. The lowest BCUT2D eigenvalue weighted by molar-refractivity contribution is 0.338. The van der Waals surface area contributed by atoms with E-state index in [0.717, 1.165) is 16.8 Å². The summed E-state index contributed by atoms with van der Waals surface area (Å²) < 4.78 is 10.8. The van der Waals surface area contributed by atoms with Gasteiger partial charge in [-0.15, -0.1) is 0 Å². The van der Waals surface area contributed by atoms with Crippen LogP contribution in [-0.2, 0) is 5.54 Å². The lowest BCUT2D eigenvalue weighted by Crippen LogP contribution is -2.33. The van der Waals surface area contributed by atoms with Crippen LogP contribution in [0.1, 0.15) is 19.7 Å². The quantitative estimate of drug-likeness (QED) is 0.862. The van der Waals surface area contributed by atoms with Gasteiger partial charge in [0.25, 0.3) is 0 Å². The normalized spacial score (nSPS) is 12.0. The summed E-state index contributed by atoms with van der Waals surface area (Å²) in [4.78, 5) is 4.45. The van der Waals surface area contributed by atoms with Crippen LogP contribution in [0.2, 0.25) is 0 Å². The molecule has 2 rings (SSSR count). The molecule has 0 aliphatic heterocycles. The molecule has 0 fully saturated rings. The fourth-order valence-corrected chi connectivity index (χ4v) is 1.41. The van der Waals surface area contributed by atoms with Gasteiger partial charge in [0, 0.05) is 6.07 Å². The van der Waals surface area contributed by atoms with Gasteiger partial charge in [-0.2, -0.15) is 0 Å². The molecule has 16 heavy (non-hydrogen) atoms. The number of aromatic nitrogens is 1. The number of nitrogens with one attached hydrogen (secondary N) is 1. The molecule has 0 unspecified atom stereocenters. The van der Waals surface area contributed by atoms with Crippen LogP contribution < -0.4 is 10.1 Å². The molecule has 0 saturated carbocycles. The maximum Gasteiger partial charge on any atom is 0.215 e. The number of methoxy groups -OCH3 is 1. The van der Waals surface area contributed by atoms with Gasteiger partial charge in [0.1, 0.15) is 11.3 Å². The van der Waals surface area contributed by atoms with Gasteiger partial charge in [-0.05, 0) is 33.0 Å². The molecule has 0 saturated heterocycles. The predicted octanol–water partition coefficient (Wildman–Crippen LogP) is 2.29. The molecule has 0 radical (unpaired) electrons. The number of benzene rings is 1. The summed E-state index contributed by atoms with van der Waals surface area (Å²) in [6.07, 6.45) is 0. The van der Waals surface area contributed by atoms with Crippen LogP contribution >= 0.6 is 0 Å². The average molecular weight is 220 g/mol. The number of nitrogens with zero attached hydrogens (tertiary/aromatic N) is 1. The molecule has 1 aromatic carbocycles. The molecular formula is C12H16N2O2. The van der Waals surface area contributed by atoms with Crippen molar-refractivity contribution in [2.45, 2.75) is 19.4 Å². The van der Waals surface area contributed by atoms with Crippen LogP contribution in [0.4, 0.5) is 0 Å². The van der Waals surface area contributed by atoms with E-state index in [2.05, 4.69) is 10.3 Å². The highest BCUT2D eigenvalue weighted by Crippen LogP contribution is 2.26. The molecular weight excluding hydrogens is 204 g/mol. The molecule has 1 heterocycles. The highest BCUT2D eigenvalue weighted by molar-refractivity contribution is 5.74. The van der Waals surface area contributed by atoms with Gasteiger partial charge in [-0.3, -0.25) is 0 Å². The number of ether oxygens (including phenoxy) is 1. The zero-order valence-corrected chi connectivity index (χ0v) is 10.00. The Hall–Kier alpha value is -1.55. The van der Waals surface area contributed by atoms with Crippen LogP contribution in [0.15, 0.2) is 22.6 Å². The summed E-state index contributed by atoms with van der Waals surface area (Å²) in [6.45, 7) is 4.05. The summed E-state index contributed by atoms with van der Waals surface area (Å²) in [5.74, 6) is 1.47. The minimum Gasteiger partial charge on any atom is -0.497 e. The van der Waals surface area contributed by atoms with E-state index in [1.165, 1.54) is 0 Å². The topological polar surface area (TPSA) is 47.3 Å². The smallest absolute Gasteiger partial charge is 0.215 e. The van der Waals surface area contributed by atoms with Crippen LogP contribution in [0, 0.1) is 0 Å². The van der Waals surface area contributed by atoms with E-state index in [9.17, 15) is 0 Å². The third-order valence-electron chi connectivity index (χ3n) is 2.75. The number of fused-ring (bicyclic) bond motifs is 1. The molecule has 86 valence electrons. The van der Waals surface area contributed by atoms with E-state index >= 15 is 0 Å². The van der Waals surface area contributed by atoms with Gasteiger partial charge in [0.2, 0.25) is 5.89 Å². The van der Waals surface area contributed by atoms with Gasteiger partial charge >= 0.3 is 0 Å². The van der Waals surface area contributed by atoms with Crippen LogP contribution in [0.25, 0.3) is 11.1 Å². The largest absolute Gasteiger partial charge is 0.497 e. The van der Waals surface area contributed by atoms with Crippen molar-refractivity contribution in [3.8, 4) is 5.75 Å². The molecule has 0 aliphatic carbocycles. The zero-order valence-electron chi connectivity index (χ0n) is 10.00. The Labute approximate surface area is 94.6 Å². The van der Waals surface area contributed by atoms with Gasteiger partial charge in [-0.25, -0.2) is 4.98 Å². The van der Waals surface area contributed by atoms with Crippen molar-refractivity contribution >= 4 is 11.1 Å². The van der Waals surface area contributed by atoms with Gasteiger partial charge < -0.3 is 14.5 Å². The summed E-state index contributed by atoms with van der Waals surface area (Å²) >= 11 is 0. The number of hydrogen-bond donors (Lipinski definition) is 1. The maximum atomic E-state index is 5.69. The molecule has 2 aromatic rings. The van der Waals surface area contributed by atoms with Crippen molar-refractivity contribution in [1.82, 2.24) is 10.3 Å². The standard InChI is InChI=1S/C12H16N2O2/c1-12(2,13-3)11-14-9-7-8(15-4)5-6-10(9)16-11/h5-7,13H,1-4H3. The van der Waals surface area contributed by atoms with Crippen LogP contribution in [-0.4, -0.2) is 19.1 Å². The highest BCUT2D eigenvalue weighted by atomic mass is 16.5. The van der Waals surface area contributed by atoms with E-state index < -0.39 is 0 Å². The van der Waals surface area contributed by atoms with E-state index in [1.54, 1.807) is 7.11 Å². The van der Waals surface area contributed by atoms with Gasteiger partial charge in [-0.1, -0.05) is 0 Å². The Bertz CT molecular complexity index is 503. The lowest BCUT2D eigenvalue weighted by Gasteiger charge is -2.18. The van der Waals surface area contributed by atoms with Crippen molar-refractivity contribution in [2.75, 3.05) is 14.2 Å². The third kappa shape index (κ3) is 1.76. The number of rotatable bonds is 3. The molecule has 0 aliphatic rings. The minimum atomic E-state index is -0.272. The second-order valence-corrected chi connectivity index (χ2v) is 4.23. The van der Waals surface area contributed by atoms with Crippen molar-refractivity contribution in [3.05, 3.63) is 24.1 Å². The van der Waals surface area contributed by atoms with E-state index in [-0.39, 0.29) is 5.54 Å². The molecule has 0 bridgehead atoms. The Kier molecular flexibility index (Phi) is 2.59. The zero-order chi connectivity index (χ0) is 11.8. The molecule has 1 N–H and O–H groups in total. The number of hydrogen-bond acceptors (Lipinski definition) is 4. The average Bonchev–Trinajstić information content (AvgIpc) is 2.72. The van der Waals surface area contributed by atoms with Crippen molar-refractivity contribution in [2.24, 2.45) is 0 Å². The molecule has 0 amide bonds. The van der Waals surface area contributed by atoms with E-state index in [0.29, 0.717) is 5.89 Å². The number of oxazole rings is 1. The first-order valence-electron chi connectivity index (χ1n) is 5.21. The molecule has 4 heteroatoms. The maximum absolute atomic E-state index is 5.69. The highest BCUT2D eigenvalue weighted by Gasteiger charge is 2.24. The first kappa shape index (κ1) is 11.0. The Morgan fingerprint density at radius 1 is 1.38 bits per heavy atom. The summed E-state index contributed by atoms with van der Waals surface area (Å²) in [5.41, 5.74) is 1.32. The fraction of sp³-hybridized carbons (Fsp3) is 0.417. The summed E-state index contributed by atoms with van der Waals surface area (Å²) in [5, 5.41) is 3.16. The Morgan fingerprint density at radius 2 is 2.12 bits per heavy atom. The second-order valence-electron chi connectivity index (χ2n) is 4.23. The molecule has 0 spiro atoms. The van der Waals surface area contributed by atoms with Crippen molar-refractivity contribution in [3.63, 3.8) is 0 Å². The van der Waals surface area contributed by atoms with Crippen LogP contribution in [0.5, 0.6) is 5.75 Å². The molecule has 1 aromatic heterocycles.